The number of hydrogen-bond acceptors (Lipinski definition) is 2. The lowest BCUT2D eigenvalue weighted by atomic mass is 9.74. The van der Waals surface area contributed by atoms with E-state index in [1.165, 1.54) is 6.07 Å². The Morgan fingerprint density at radius 3 is 2.20 bits per heavy atom. The fraction of sp³-hybridized carbons (Fsp3) is 0.562. The van der Waals surface area contributed by atoms with E-state index in [1.54, 1.807) is 30.1 Å². The third-order valence-electron chi connectivity index (χ3n) is 4.40. The minimum atomic E-state index is -0.735. The van der Waals surface area contributed by atoms with Gasteiger partial charge in [-0.3, -0.25) is 4.79 Å². The van der Waals surface area contributed by atoms with Crippen molar-refractivity contribution in [2.45, 2.75) is 46.2 Å². The summed E-state index contributed by atoms with van der Waals surface area (Å²) in [6.07, 6.45) is 0. The summed E-state index contributed by atoms with van der Waals surface area (Å²) in [6.45, 7) is 9.11. The number of carbonyl (C=O) groups excluding carboxylic acids is 1. The summed E-state index contributed by atoms with van der Waals surface area (Å²) in [7, 11) is 1.69. The predicted octanol–water partition coefficient (Wildman–Crippen LogP) is 3.11. The lowest BCUT2D eigenvalue weighted by Crippen LogP contribution is -2.56. The van der Waals surface area contributed by atoms with E-state index in [2.05, 4.69) is 0 Å². The zero-order valence-electron chi connectivity index (χ0n) is 13.2. The van der Waals surface area contributed by atoms with Crippen molar-refractivity contribution in [3.63, 3.8) is 0 Å². The molecule has 0 aliphatic rings. The fourth-order valence-electron chi connectivity index (χ4n) is 1.91. The van der Waals surface area contributed by atoms with Crippen molar-refractivity contribution in [2.75, 3.05) is 7.05 Å². The standard InChI is InChI=1S/C16H25FN2O/c1-11(12-9-7-8-10-13(12)17)19(6)14(20)15(2,3)16(4,5)18/h7-11H,18H2,1-6H3. The molecule has 1 aromatic carbocycles. The third kappa shape index (κ3) is 3.01. The minimum Gasteiger partial charge on any atom is -0.338 e. The Labute approximate surface area is 121 Å². The van der Waals surface area contributed by atoms with E-state index in [0.29, 0.717) is 5.56 Å². The third-order valence-corrected chi connectivity index (χ3v) is 4.40. The minimum absolute atomic E-state index is 0.0965. The number of nitrogens with zero attached hydrogens (tertiary/aromatic N) is 1. The topological polar surface area (TPSA) is 46.3 Å². The number of halogens is 1. The molecule has 0 aromatic heterocycles. The van der Waals surface area contributed by atoms with Crippen LogP contribution in [0.1, 0.15) is 46.2 Å². The molecule has 0 heterocycles. The Bertz CT molecular complexity index is 491. The Morgan fingerprint density at radius 2 is 1.75 bits per heavy atom. The Balaban J connectivity index is 3.04. The van der Waals surface area contributed by atoms with Gasteiger partial charge in [-0.25, -0.2) is 4.39 Å². The van der Waals surface area contributed by atoms with Crippen LogP contribution < -0.4 is 5.73 Å². The van der Waals surface area contributed by atoms with Gasteiger partial charge < -0.3 is 10.6 Å². The molecule has 1 rings (SSSR count). The van der Waals surface area contributed by atoms with Gasteiger partial charge in [-0.1, -0.05) is 18.2 Å². The molecule has 0 aliphatic heterocycles. The van der Waals surface area contributed by atoms with Crippen LogP contribution in [0.2, 0.25) is 0 Å². The highest BCUT2D eigenvalue weighted by molar-refractivity contribution is 5.83. The SMILES string of the molecule is CC(c1ccccc1F)N(C)C(=O)C(C)(C)C(C)(C)N. The number of amides is 1. The monoisotopic (exact) mass is 280 g/mol. The summed E-state index contributed by atoms with van der Waals surface area (Å²) >= 11 is 0. The molecule has 1 aromatic rings. The molecule has 0 saturated carbocycles. The average molecular weight is 280 g/mol. The summed E-state index contributed by atoms with van der Waals surface area (Å²) in [5.74, 6) is -0.398. The molecule has 1 unspecified atom stereocenters. The van der Waals surface area contributed by atoms with Gasteiger partial charge in [0.1, 0.15) is 5.82 Å². The van der Waals surface area contributed by atoms with Gasteiger partial charge in [-0.05, 0) is 40.7 Å². The van der Waals surface area contributed by atoms with Gasteiger partial charge in [0.15, 0.2) is 0 Å². The highest BCUT2D eigenvalue weighted by Gasteiger charge is 2.43. The van der Waals surface area contributed by atoms with Crippen LogP contribution in [0.5, 0.6) is 0 Å². The molecule has 0 spiro atoms. The molecule has 0 saturated heterocycles. The van der Waals surface area contributed by atoms with Crippen LogP contribution in [0.4, 0.5) is 4.39 Å². The smallest absolute Gasteiger partial charge is 0.230 e. The number of hydrogen-bond donors (Lipinski definition) is 1. The van der Waals surface area contributed by atoms with Crippen molar-refractivity contribution >= 4 is 5.91 Å². The Kier molecular flexibility index (Phi) is 4.59. The molecule has 0 bridgehead atoms. The molecule has 1 amide bonds. The van der Waals surface area contributed by atoms with Gasteiger partial charge in [0, 0.05) is 18.2 Å². The number of benzene rings is 1. The van der Waals surface area contributed by atoms with Gasteiger partial charge in [0.2, 0.25) is 5.91 Å². The van der Waals surface area contributed by atoms with E-state index < -0.39 is 11.0 Å². The van der Waals surface area contributed by atoms with Crippen molar-refractivity contribution in [3.05, 3.63) is 35.6 Å². The molecule has 0 radical (unpaired) electrons. The maximum Gasteiger partial charge on any atom is 0.230 e. The summed E-state index contributed by atoms with van der Waals surface area (Å²) < 4.78 is 13.8. The molecular formula is C16H25FN2O. The van der Waals surface area contributed by atoms with Crippen LogP contribution in [0.25, 0.3) is 0 Å². The van der Waals surface area contributed by atoms with Crippen LogP contribution in [-0.2, 0) is 4.79 Å². The lowest BCUT2D eigenvalue weighted by Gasteiger charge is -2.41. The average Bonchev–Trinajstić information content (AvgIpc) is 2.35. The second-order valence-electron chi connectivity index (χ2n) is 6.46. The van der Waals surface area contributed by atoms with Crippen molar-refractivity contribution < 1.29 is 9.18 Å². The largest absolute Gasteiger partial charge is 0.338 e. The lowest BCUT2D eigenvalue weighted by molar-refractivity contribution is -0.144. The van der Waals surface area contributed by atoms with Crippen LogP contribution in [0, 0.1) is 11.2 Å². The molecule has 4 heteroatoms. The van der Waals surface area contributed by atoms with E-state index in [0.717, 1.165) is 0 Å². The molecule has 0 aliphatic carbocycles. The van der Waals surface area contributed by atoms with Crippen molar-refractivity contribution in [2.24, 2.45) is 11.1 Å². The zero-order valence-corrected chi connectivity index (χ0v) is 13.2. The Morgan fingerprint density at radius 1 is 1.25 bits per heavy atom. The Hall–Kier alpha value is -1.42. The first-order valence-corrected chi connectivity index (χ1v) is 6.80. The van der Waals surface area contributed by atoms with Crippen LogP contribution >= 0.6 is 0 Å². The molecule has 112 valence electrons. The molecule has 20 heavy (non-hydrogen) atoms. The van der Waals surface area contributed by atoms with Crippen LogP contribution in [0.3, 0.4) is 0 Å². The number of carbonyl (C=O) groups is 1. The van der Waals surface area contributed by atoms with Crippen LogP contribution in [-0.4, -0.2) is 23.4 Å². The van der Waals surface area contributed by atoms with E-state index >= 15 is 0 Å². The van der Waals surface area contributed by atoms with E-state index in [1.807, 2.05) is 34.6 Å². The quantitative estimate of drug-likeness (QED) is 0.921. The molecule has 0 fully saturated rings. The van der Waals surface area contributed by atoms with E-state index in [-0.39, 0.29) is 17.8 Å². The first-order valence-electron chi connectivity index (χ1n) is 6.80. The van der Waals surface area contributed by atoms with Crippen molar-refractivity contribution in [1.29, 1.82) is 0 Å². The summed E-state index contributed by atoms with van der Waals surface area (Å²) in [5, 5.41) is 0. The maximum absolute atomic E-state index is 13.8. The normalized spacial score (nSPS) is 14.0. The first-order chi connectivity index (χ1) is 9.00. The summed E-state index contributed by atoms with van der Waals surface area (Å²) in [4.78, 5) is 14.2. The predicted molar refractivity (Wildman–Crippen MR) is 79.6 cm³/mol. The molecule has 2 N–H and O–H groups in total. The van der Waals surface area contributed by atoms with Gasteiger partial charge in [0.05, 0.1) is 11.5 Å². The first kappa shape index (κ1) is 16.6. The van der Waals surface area contributed by atoms with Crippen molar-refractivity contribution in [1.82, 2.24) is 4.90 Å². The molecule has 3 nitrogen and oxygen atoms in total. The fourth-order valence-corrected chi connectivity index (χ4v) is 1.91. The molecule has 1 atom stereocenters. The van der Waals surface area contributed by atoms with Crippen LogP contribution in [0.15, 0.2) is 24.3 Å². The van der Waals surface area contributed by atoms with Crippen molar-refractivity contribution in [3.8, 4) is 0 Å². The summed E-state index contributed by atoms with van der Waals surface area (Å²) in [6, 6.07) is 6.17. The second-order valence-corrected chi connectivity index (χ2v) is 6.46. The number of nitrogens with two attached hydrogens (primary N) is 1. The highest BCUT2D eigenvalue weighted by atomic mass is 19.1. The molecular weight excluding hydrogens is 255 g/mol. The summed E-state index contributed by atoms with van der Waals surface area (Å²) in [5.41, 5.74) is 5.21. The highest BCUT2D eigenvalue weighted by Crippen LogP contribution is 2.33. The van der Waals surface area contributed by atoms with Gasteiger partial charge >= 0.3 is 0 Å². The second kappa shape index (κ2) is 5.52. The van der Waals surface area contributed by atoms with Gasteiger partial charge in [-0.2, -0.15) is 0 Å². The maximum atomic E-state index is 13.8. The van der Waals surface area contributed by atoms with E-state index in [4.69, 9.17) is 5.73 Å². The van der Waals surface area contributed by atoms with Gasteiger partial charge in [0.25, 0.3) is 0 Å². The zero-order chi connectivity index (χ0) is 15.7. The van der Waals surface area contributed by atoms with Gasteiger partial charge in [-0.15, -0.1) is 0 Å². The number of rotatable bonds is 4. The van der Waals surface area contributed by atoms with E-state index in [9.17, 15) is 9.18 Å².